The molecular weight excluding hydrogens is 247 g/mol. The summed E-state index contributed by atoms with van der Waals surface area (Å²) in [6.07, 6.45) is 5.15. The molecule has 2 aliphatic carbocycles. The predicted molar refractivity (Wildman–Crippen MR) is 75.1 cm³/mol. The molecule has 3 atom stereocenters. The molecule has 0 radical (unpaired) electrons. The summed E-state index contributed by atoms with van der Waals surface area (Å²) in [6, 6.07) is 5.43. The molecule has 2 fully saturated rings. The lowest BCUT2D eigenvalue weighted by molar-refractivity contribution is 0.439. The van der Waals surface area contributed by atoms with Crippen LogP contribution in [0.5, 0.6) is 0 Å². The fourth-order valence-corrected chi connectivity index (χ4v) is 3.72. The topological polar surface area (TPSA) is 38.0 Å². The molecule has 1 aromatic carbocycles. The van der Waals surface area contributed by atoms with E-state index in [-0.39, 0.29) is 10.8 Å². The minimum atomic E-state index is -0.337. The second-order valence-corrected chi connectivity index (χ2v) is 5.89. The van der Waals surface area contributed by atoms with Gasteiger partial charge in [-0.3, -0.25) is 0 Å². The van der Waals surface area contributed by atoms with Gasteiger partial charge in [0.2, 0.25) is 0 Å². The Morgan fingerprint density at radius 3 is 2.78 bits per heavy atom. The highest BCUT2D eigenvalue weighted by Gasteiger charge is 2.39. The Kier molecular flexibility index (Phi) is 2.98. The molecular formula is C14H17FN2S. The molecule has 2 aliphatic rings. The molecule has 96 valence electrons. The van der Waals surface area contributed by atoms with Crippen LogP contribution >= 0.6 is 12.2 Å². The highest BCUT2D eigenvalue weighted by atomic mass is 32.1. The summed E-state index contributed by atoms with van der Waals surface area (Å²) >= 11 is 4.94. The van der Waals surface area contributed by atoms with Gasteiger partial charge in [0.1, 0.15) is 10.8 Å². The molecule has 0 aromatic heterocycles. The number of benzene rings is 1. The second-order valence-electron chi connectivity index (χ2n) is 5.45. The molecule has 0 aliphatic heterocycles. The third kappa shape index (κ3) is 1.99. The lowest BCUT2D eigenvalue weighted by atomic mass is 9.95. The summed E-state index contributed by atoms with van der Waals surface area (Å²) in [5, 5.41) is 3.46. The lowest BCUT2D eigenvalue weighted by Crippen LogP contribution is -2.27. The highest BCUT2D eigenvalue weighted by molar-refractivity contribution is 7.80. The number of anilines is 1. The van der Waals surface area contributed by atoms with Crippen LogP contribution < -0.4 is 11.1 Å². The Morgan fingerprint density at radius 2 is 2.17 bits per heavy atom. The minimum Gasteiger partial charge on any atom is -0.389 e. The van der Waals surface area contributed by atoms with Crippen molar-refractivity contribution in [2.45, 2.75) is 31.7 Å². The van der Waals surface area contributed by atoms with E-state index in [1.807, 2.05) is 6.07 Å². The van der Waals surface area contributed by atoms with Crippen molar-refractivity contribution in [2.75, 3.05) is 5.32 Å². The van der Waals surface area contributed by atoms with Gasteiger partial charge >= 0.3 is 0 Å². The maximum Gasteiger partial charge on any atom is 0.135 e. The van der Waals surface area contributed by atoms with Gasteiger partial charge in [0, 0.05) is 11.7 Å². The molecule has 18 heavy (non-hydrogen) atoms. The smallest absolute Gasteiger partial charge is 0.135 e. The van der Waals surface area contributed by atoms with Gasteiger partial charge in [-0.15, -0.1) is 0 Å². The first-order valence-electron chi connectivity index (χ1n) is 6.50. The van der Waals surface area contributed by atoms with Gasteiger partial charge in [0.05, 0.1) is 5.56 Å². The van der Waals surface area contributed by atoms with Crippen LogP contribution in [0.3, 0.4) is 0 Å². The molecule has 3 rings (SSSR count). The molecule has 3 unspecified atom stereocenters. The number of hydrogen-bond donors (Lipinski definition) is 2. The zero-order valence-electron chi connectivity index (χ0n) is 10.2. The van der Waals surface area contributed by atoms with E-state index in [2.05, 4.69) is 5.32 Å². The van der Waals surface area contributed by atoms with Gasteiger partial charge in [-0.25, -0.2) is 4.39 Å². The van der Waals surface area contributed by atoms with Crippen LogP contribution in [0.1, 0.15) is 31.2 Å². The normalized spacial score (nSPS) is 29.5. The van der Waals surface area contributed by atoms with Crippen molar-refractivity contribution >= 4 is 22.9 Å². The average molecular weight is 264 g/mol. The molecule has 2 bridgehead atoms. The fraction of sp³-hybridized carbons (Fsp3) is 0.500. The number of thiocarbonyl (C=S) groups is 1. The number of rotatable bonds is 3. The van der Waals surface area contributed by atoms with Crippen molar-refractivity contribution in [2.24, 2.45) is 17.6 Å². The largest absolute Gasteiger partial charge is 0.389 e. The van der Waals surface area contributed by atoms with Gasteiger partial charge in [-0.2, -0.15) is 0 Å². The number of hydrogen-bond acceptors (Lipinski definition) is 2. The Balaban J connectivity index is 1.84. The summed E-state index contributed by atoms with van der Waals surface area (Å²) < 4.78 is 13.8. The van der Waals surface area contributed by atoms with Gasteiger partial charge < -0.3 is 11.1 Å². The quantitative estimate of drug-likeness (QED) is 0.824. The minimum absolute atomic E-state index is 0.124. The summed E-state index contributed by atoms with van der Waals surface area (Å²) in [4.78, 5) is 0.124. The van der Waals surface area contributed by atoms with E-state index in [1.165, 1.54) is 31.7 Å². The zero-order valence-corrected chi connectivity index (χ0v) is 11.0. The Labute approximate surface area is 112 Å². The summed E-state index contributed by atoms with van der Waals surface area (Å²) in [5.74, 6) is 1.25. The van der Waals surface area contributed by atoms with Crippen molar-refractivity contribution in [3.63, 3.8) is 0 Å². The number of halogens is 1. The summed E-state index contributed by atoms with van der Waals surface area (Å²) in [7, 11) is 0. The van der Waals surface area contributed by atoms with Gasteiger partial charge in [0.15, 0.2) is 0 Å². The van der Waals surface area contributed by atoms with E-state index in [1.54, 1.807) is 6.07 Å². The summed E-state index contributed by atoms with van der Waals surface area (Å²) in [5.41, 5.74) is 6.72. The van der Waals surface area contributed by atoms with Crippen LogP contribution in [0, 0.1) is 17.7 Å². The van der Waals surface area contributed by atoms with Gasteiger partial charge in [-0.05, 0) is 43.2 Å². The third-order valence-corrected chi connectivity index (χ3v) is 4.54. The van der Waals surface area contributed by atoms with Crippen molar-refractivity contribution in [3.8, 4) is 0 Å². The average Bonchev–Trinajstić information content (AvgIpc) is 2.90. The fourth-order valence-electron chi connectivity index (χ4n) is 3.52. The van der Waals surface area contributed by atoms with E-state index < -0.39 is 0 Å². The monoisotopic (exact) mass is 264 g/mol. The molecule has 4 heteroatoms. The first-order chi connectivity index (χ1) is 8.65. The van der Waals surface area contributed by atoms with E-state index in [0.29, 0.717) is 11.6 Å². The SMILES string of the molecule is NC(=S)c1c(F)cccc1NC1CC2CCC1C2. The van der Waals surface area contributed by atoms with E-state index in [4.69, 9.17) is 18.0 Å². The number of nitrogens with two attached hydrogens (primary N) is 1. The molecule has 0 heterocycles. The van der Waals surface area contributed by atoms with E-state index >= 15 is 0 Å². The van der Waals surface area contributed by atoms with Crippen LogP contribution in [0.2, 0.25) is 0 Å². The van der Waals surface area contributed by atoms with Crippen LogP contribution in [-0.2, 0) is 0 Å². The van der Waals surface area contributed by atoms with Crippen LogP contribution in [0.15, 0.2) is 18.2 Å². The standard InChI is InChI=1S/C14H17FN2S/c15-10-2-1-3-11(13(10)14(16)18)17-12-7-8-4-5-9(12)6-8/h1-3,8-9,12,17H,4-7H2,(H2,16,18). The second kappa shape index (κ2) is 4.50. The molecule has 0 spiro atoms. The molecule has 0 saturated heterocycles. The molecule has 2 nitrogen and oxygen atoms in total. The molecule has 1 aromatic rings. The Morgan fingerprint density at radius 1 is 1.33 bits per heavy atom. The van der Waals surface area contributed by atoms with Gasteiger partial charge in [-0.1, -0.05) is 24.7 Å². The van der Waals surface area contributed by atoms with E-state index in [0.717, 1.165) is 17.5 Å². The van der Waals surface area contributed by atoms with Crippen molar-refractivity contribution in [3.05, 3.63) is 29.6 Å². The van der Waals surface area contributed by atoms with Crippen molar-refractivity contribution < 1.29 is 4.39 Å². The predicted octanol–water partition coefficient (Wildman–Crippen LogP) is 3.06. The first kappa shape index (κ1) is 11.9. The van der Waals surface area contributed by atoms with Crippen LogP contribution in [0.25, 0.3) is 0 Å². The maximum absolute atomic E-state index is 13.8. The molecule has 0 amide bonds. The maximum atomic E-state index is 13.8. The molecule has 3 N–H and O–H groups in total. The summed E-state index contributed by atoms with van der Waals surface area (Å²) in [6.45, 7) is 0. The third-order valence-electron chi connectivity index (χ3n) is 4.34. The Hall–Kier alpha value is -1.16. The first-order valence-corrected chi connectivity index (χ1v) is 6.91. The van der Waals surface area contributed by atoms with Crippen molar-refractivity contribution in [1.29, 1.82) is 0 Å². The zero-order chi connectivity index (χ0) is 12.7. The van der Waals surface area contributed by atoms with Crippen molar-refractivity contribution in [1.82, 2.24) is 0 Å². The van der Waals surface area contributed by atoms with E-state index in [9.17, 15) is 4.39 Å². The Bertz CT molecular complexity index is 489. The highest BCUT2D eigenvalue weighted by Crippen LogP contribution is 2.45. The van der Waals surface area contributed by atoms with Crippen LogP contribution in [0.4, 0.5) is 10.1 Å². The van der Waals surface area contributed by atoms with Crippen LogP contribution in [-0.4, -0.2) is 11.0 Å². The number of fused-ring (bicyclic) bond motifs is 2. The lowest BCUT2D eigenvalue weighted by Gasteiger charge is -2.25. The number of nitrogens with one attached hydrogen (secondary N) is 1. The molecule has 2 saturated carbocycles. The van der Waals surface area contributed by atoms with Gasteiger partial charge in [0.25, 0.3) is 0 Å².